The van der Waals surface area contributed by atoms with Crippen molar-refractivity contribution in [1.29, 1.82) is 0 Å². The molecule has 4 aromatic heterocycles. The van der Waals surface area contributed by atoms with Gasteiger partial charge < -0.3 is 15.1 Å². The molecule has 0 spiro atoms. The SMILES string of the molecule is CC(=O)O.[Cl][Pt]([Cl])([Cl])[Cl].[K][K].[Pt+2].[c-]1ccccc1-c1ccccn1.[c-]1ccccc1-c1ccccn1.c1ccc(-c2ccccn2)cc1.c1ccc(-c2ccccn2)cc1. The molecule has 0 saturated heterocycles. The third kappa shape index (κ3) is 28.4. The largest absolute Gasteiger partial charge is 2.00 e. The molecule has 14 heteroatoms. The molecule has 0 aliphatic carbocycles. The number of aromatic nitrogens is 4. The Kier molecular flexibility index (Phi) is 34.2. The third-order valence-electron chi connectivity index (χ3n) is 6.77. The van der Waals surface area contributed by atoms with Gasteiger partial charge in [-0.25, -0.2) is 0 Å². The minimum atomic E-state index is -3.06. The average Bonchev–Trinajstić information content (AvgIpc) is 3.29. The van der Waals surface area contributed by atoms with Gasteiger partial charge in [-0.1, -0.05) is 97.1 Å². The van der Waals surface area contributed by atoms with E-state index in [0.29, 0.717) is 0 Å². The smallest absolute Gasteiger partial charge is 0.305 e. The summed E-state index contributed by atoms with van der Waals surface area (Å²) in [5, 5.41) is 7.42. The van der Waals surface area contributed by atoms with Gasteiger partial charge in [0.15, 0.2) is 0 Å². The van der Waals surface area contributed by atoms with Gasteiger partial charge in [0.2, 0.25) is 0 Å². The molecular weight excluding hydrogens is 1250 g/mol. The molecule has 6 nitrogen and oxygen atoms in total. The molecule has 8 aromatic rings. The average molecular weight is 1290 g/mol. The number of benzene rings is 4. The Balaban J connectivity index is 0.000000368. The maximum Gasteiger partial charge on any atom is 2.00 e. The third-order valence-corrected chi connectivity index (χ3v) is 6.77. The molecule has 0 aliphatic rings. The van der Waals surface area contributed by atoms with E-state index in [2.05, 4.69) is 56.3 Å². The van der Waals surface area contributed by atoms with Crippen LogP contribution in [0, 0.1) is 12.1 Å². The number of aliphatic carboxylic acids is 1. The van der Waals surface area contributed by atoms with Crippen molar-refractivity contribution in [1.82, 2.24) is 19.9 Å². The molecule has 0 radical (unpaired) electrons. The quantitative estimate of drug-likeness (QED) is 0.140. The molecule has 0 saturated carbocycles. The van der Waals surface area contributed by atoms with Crippen molar-refractivity contribution in [3.05, 3.63) is 219 Å². The van der Waals surface area contributed by atoms with Crippen LogP contribution in [-0.4, -0.2) is 94.2 Å². The Labute approximate surface area is 432 Å². The second kappa shape index (κ2) is 36.1. The summed E-state index contributed by atoms with van der Waals surface area (Å²) in [6.45, 7) is 1.08. The summed E-state index contributed by atoms with van der Waals surface area (Å²) in [5.41, 5.74) is 8.40. The molecule has 0 fully saturated rings. The van der Waals surface area contributed by atoms with Crippen LogP contribution in [0.5, 0.6) is 0 Å². The summed E-state index contributed by atoms with van der Waals surface area (Å²) < 4.78 is 0. The first-order chi connectivity index (χ1) is 28.6. The van der Waals surface area contributed by atoms with Crippen molar-refractivity contribution in [2.75, 3.05) is 0 Å². The van der Waals surface area contributed by atoms with Gasteiger partial charge in [-0.2, -0.15) is 0 Å². The molecule has 0 aliphatic heterocycles. The zero-order valence-corrected chi connectivity index (χ0v) is 46.7. The molecule has 0 unspecified atom stereocenters. The Morgan fingerprint density at radius 2 is 0.717 bits per heavy atom. The second-order valence-corrected chi connectivity index (χ2v) is 30.6. The topological polar surface area (TPSA) is 88.9 Å². The number of hydrogen-bond acceptors (Lipinski definition) is 5. The van der Waals surface area contributed by atoms with Gasteiger partial charge in [-0.3, -0.25) is 14.8 Å². The number of halogens is 4. The van der Waals surface area contributed by atoms with E-state index >= 15 is 0 Å². The van der Waals surface area contributed by atoms with Crippen molar-refractivity contribution in [2.45, 2.75) is 6.92 Å². The van der Waals surface area contributed by atoms with E-state index in [1.165, 1.54) is 63.2 Å². The van der Waals surface area contributed by atoms with Crippen LogP contribution in [0.2, 0.25) is 0 Å². The molecule has 304 valence electrons. The summed E-state index contributed by atoms with van der Waals surface area (Å²) in [6, 6.07) is 65.8. The van der Waals surface area contributed by atoms with Gasteiger partial charge in [0.05, 0.1) is 11.4 Å². The van der Waals surface area contributed by atoms with Gasteiger partial charge in [-0.15, -0.1) is 71.8 Å². The molecule has 0 amide bonds. The molecule has 1 N–H and O–H groups in total. The van der Waals surface area contributed by atoms with Crippen molar-refractivity contribution in [2.24, 2.45) is 0 Å². The predicted octanol–water partition coefficient (Wildman–Crippen LogP) is 12.7. The van der Waals surface area contributed by atoms with Crippen LogP contribution in [0.1, 0.15) is 6.92 Å². The number of hydrogen-bond donors (Lipinski definition) is 1. The van der Waals surface area contributed by atoms with E-state index in [-0.39, 0.29) is 21.1 Å². The molecule has 8 rings (SSSR count). The minimum absolute atomic E-state index is 0. The maximum atomic E-state index is 9.00. The number of rotatable bonds is 4. The Bertz CT molecular complexity index is 1750. The minimum Gasteiger partial charge on any atom is -0.305 e. The summed E-state index contributed by atoms with van der Waals surface area (Å²) in [7, 11) is 20.0. The van der Waals surface area contributed by atoms with Crippen LogP contribution in [0.4, 0.5) is 0 Å². The van der Waals surface area contributed by atoms with E-state index in [9.17, 15) is 0 Å². The van der Waals surface area contributed by atoms with Gasteiger partial charge >= 0.3 is 134 Å². The molecule has 0 atom stereocenters. The monoisotopic (exact) mass is 1290 g/mol. The second-order valence-electron chi connectivity index (χ2n) is 10.9. The van der Waals surface area contributed by atoms with Crippen molar-refractivity contribution < 1.29 is 42.9 Å². The summed E-state index contributed by atoms with van der Waals surface area (Å²) in [4.78, 5) is 25.9. The van der Waals surface area contributed by atoms with Crippen molar-refractivity contribution >= 4 is 107 Å². The number of pyridine rings is 4. The fourth-order valence-electron chi connectivity index (χ4n) is 4.43. The first-order valence-electron chi connectivity index (χ1n) is 18.0. The predicted molar refractivity (Wildman–Crippen MR) is 245 cm³/mol. The fourth-order valence-corrected chi connectivity index (χ4v) is 4.43. The van der Waals surface area contributed by atoms with E-state index < -0.39 is 17.9 Å². The number of carbonyl (C=O) groups is 1. The van der Waals surface area contributed by atoms with Crippen LogP contribution in [0.25, 0.3) is 45.0 Å². The van der Waals surface area contributed by atoms with Crippen LogP contribution in [-0.2, 0) is 37.8 Å². The maximum absolute atomic E-state index is 9.00. The molecule has 60 heavy (non-hydrogen) atoms. The van der Waals surface area contributed by atoms with Crippen LogP contribution in [0.3, 0.4) is 0 Å². The van der Waals surface area contributed by atoms with Crippen LogP contribution >= 0.6 is 37.7 Å². The number of carboxylic acids is 1. The zero-order chi connectivity index (χ0) is 43.0. The Hall–Kier alpha value is -1.24. The first-order valence-corrected chi connectivity index (χ1v) is 45.2. The summed E-state index contributed by atoms with van der Waals surface area (Å²) in [6.07, 6.45) is 7.19. The zero-order valence-electron chi connectivity index (χ0n) is 32.9. The van der Waals surface area contributed by atoms with Gasteiger partial charge in [0.25, 0.3) is 5.97 Å². The van der Waals surface area contributed by atoms with E-state index in [1.807, 2.05) is 170 Å². The standard InChI is InChI=1S/2C11H9N.2C11H8N.C2H4O2.4ClH.2K.2Pt/c4*1-2-6-10(7-3-1)11-8-4-5-9-12-11;1-2(3)4;;;;;;;;/h2*1-9H;2*1-6,8-9H;1H3,(H,3,4);4*1H;;;;/q;;2*-1;;;;;;;;+2;+4/p-4. The van der Waals surface area contributed by atoms with Crippen LogP contribution < -0.4 is 0 Å². The van der Waals surface area contributed by atoms with E-state index in [4.69, 9.17) is 47.6 Å². The van der Waals surface area contributed by atoms with E-state index in [1.54, 1.807) is 12.4 Å². The Morgan fingerprint density at radius 1 is 0.467 bits per heavy atom. The number of nitrogens with zero attached hydrogens (tertiary/aromatic N) is 4. The first kappa shape index (κ1) is 56.8. The normalized spacial score (nSPS) is 9.55. The van der Waals surface area contributed by atoms with Gasteiger partial charge in [-0.05, 0) is 47.8 Å². The van der Waals surface area contributed by atoms with Crippen LogP contribution in [0.15, 0.2) is 207 Å². The van der Waals surface area contributed by atoms with Gasteiger partial charge in [0, 0.05) is 42.8 Å². The van der Waals surface area contributed by atoms with Crippen molar-refractivity contribution in [3.8, 4) is 45.0 Å². The number of carboxylic acid groups (broad SMARTS) is 1. The molecule has 4 aromatic carbocycles. The fraction of sp³-hybridized carbons (Fsp3) is 0.0217. The molecule has 4 heterocycles. The van der Waals surface area contributed by atoms with Gasteiger partial charge in [0.1, 0.15) is 0 Å². The Morgan fingerprint density at radius 3 is 0.950 bits per heavy atom. The summed E-state index contributed by atoms with van der Waals surface area (Å²) >= 11 is -0.556. The molecule has 0 bridgehead atoms. The van der Waals surface area contributed by atoms with Crippen molar-refractivity contribution in [3.63, 3.8) is 0 Å². The van der Waals surface area contributed by atoms with E-state index in [0.717, 1.165) is 52.0 Å². The summed E-state index contributed by atoms with van der Waals surface area (Å²) in [5.74, 6) is -0.833. The molecular formula is C46H38Cl4K2N4O2Pt2.